The molecule has 1 aromatic heterocycles. The van der Waals surface area contributed by atoms with E-state index in [0.29, 0.717) is 24.5 Å². The van der Waals surface area contributed by atoms with Gasteiger partial charge in [-0.25, -0.2) is 14.6 Å². The van der Waals surface area contributed by atoms with Crippen LogP contribution < -0.4 is 26.0 Å². The first-order chi connectivity index (χ1) is 15.1. The summed E-state index contributed by atoms with van der Waals surface area (Å²) in [5.74, 6) is -3.87. The number of aromatic nitrogens is 1. The third kappa shape index (κ3) is 6.08. The van der Waals surface area contributed by atoms with Crippen molar-refractivity contribution in [1.82, 2.24) is 15.6 Å². The highest BCUT2D eigenvalue weighted by atomic mass is 35.5. The minimum Gasteiger partial charge on any atom is -0.418 e. The van der Waals surface area contributed by atoms with Crippen LogP contribution in [0.2, 0.25) is 5.02 Å². The highest BCUT2D eigenvalue weighted by molar-refractivity contribution is 6.30. The molecule has 1 fully saturated rings. The van der Waals surface area contributed by atoms with Crippen LogP contribution in [0.1, 0.15) is 16.8 Å². The van der Waals surface area contributed by atoms with Crippen molar-refractivity contribution in [2.45, 2.75) is 18.6 Å². The van der Waals surface area contributed by atoms with Gasteiger partial charge in [0.05, 0.1) is 16.3 Å². The molecule has 0 bridgehead atoms. The summed E-state index contributed by atoms with van der Waals surface area (Å²) < 4.78 is 42.5. The molecular weight excluding hydrogens is 455 g/mol. The van der Waals surface area contributed by atoms with E-state index in [0.717, 1.165) is 6.07 Å². The molecule has 0 spiro atoms. The minimum absolute atomic E-state index is 0.101. The predicted molar refractivity (Wildman–Crippen MR) is 109 cm³/mol. The molecule has 9 nitrogen and oxygen atoms in total. The fourth-order valence-corrected chi connectivity index (χ4v) is 2.95. The number of ether oxygens (including phenoxy) is 1. The van der Waals surface area contributed by atoms with Crippen LogP contribution in [0.3, 0.4) is 0 Å². The van der Waals surface area contributed by atoms with Gasteiger partial charge in [-0.1, -0.05) is 17.7 Å². The lowest BCUT2D eigenvalue weighted by Crippen LogP contribution is -2.39. The topological polar surface area (TPSA) is 121 Å². The molecule has 1 aromatic carbocycles. The molecule has 1 aliphatic rings. The average molecular weight is 472 g/mol. The van der Waals surface area contributed by atoms with Crippen molar-refractivity contribution in [1.29, 1.82) is 0 Å². The number of benzene rings is 1. The minimum atomic E-state index is -5.28. The average Bonchev–Trinajstić information content (AvgIpc) is 3.23. The molecule has 3 rings (SSSR count). The standard InChI is InChI=1S/C19H17ClF3N5O4/c20-10-4-5-14(25-8-10)27-16(29)12-2-1-3-13(32-17(30)19(21,22)23)15(12)28-18(31)26-11-6-7-24-9-11/h1-5,8,11,24H,6-7,9H2,(H,25,27,29)(H2,26,28,31). The Bertz CT molecular complexity index is 1010. The van der Waals surface area contributed by atoms with Crippen molar-refractivity contribution in [2.75, 3.05) is 23.7 Å². The van der Waals surface area contributed by atoms with Gasteiger partial charge < -0.3 is 26.0 Å². The molecule has 1 saturated heterocycles. The van der Waals surface area contributed by atoms with Gasteiger partial charge in [-0.15, -0.1) is 0 Å². The van der Waals surface area contributed by atoms with E-state index in [9.17, 15) is 27.6 Å². The summed E-state index contributed by atoms with van der Waals surface area (Å²) in [5.41, 5.74) is -0.672. The Morgan fingerprint density at radius 1 is 1.16 bits per heavy atom. The zero-order valence-corrected chi connectivity index (χ0v) is 17.0. The number of carbonyl (C=O) groups excluding carboxylic acids is 3. The van der Waals surface area contributed by atoms with Crippen molar-refractivity contribution in [3.05, 3.63) is 47.1 Å². The quantitative estimate of drug-likeness (QED) is 0.393. The molecule has 4 N–H and O–H groups in total. The monoisotopic (exact) mass is 471 g/mol. The second-order valence-corrected chi connectivity index (χ2v) is 7.11. The van der Waals surface area contributed by atoms with Crippen LogP contribution in [0, 0.1) is 0 Å². The second kappa shape index (κ2) is 9.83. The maximum absolute atomic E-state index is 12.8. The number of nitrogens with zero attached hydrogens (tertiary/aromatic N) is 1. The van der Waals surface area contributed by atoms with Gasteiger partial charge in [-0.3, -0.25) is 4.79 Å². The molecule has 13 heteroatoms. The fraction of sp³-hybridized carbons (Fsp3) is 0.263. The molecule has 0 aliphatic carbocycles. The number of carbonyl (C=O) groups is 3. The predicted octanol–water partition coefficient (Wildman–Crippen LogP) is 2.94. The Hall–Kier alpha value is -3.38. The molecule has 3 amide bonds. The lowest BCUT2D eigenvalue weighted by atomic mass is 10.1. The van der Waals surface area contributed by atoms with Gasteiger partial charge in [0.15, 0.2) is 5.75 Å². The van der Waals surface area contributed by atoms with Crippen molar-refractivity contribution in [2.24, 2.45) is 0 Å². The third-order valence-corrected chi connectivity index (χ3v) is 4.53. The molecule has 0 saturated carbocycles. The van der Waals surface area contributed by atoms with Crippen LogP contribution in [0.25, 0.3) is 0 Å². The van der Waals surface area contributed by atoms with Gasteiger partial charge in [-0.05, 0) is 37.2 Å². The summed E-state index contributed by atoms with van der Waals surface area (Å²) in [4.78, 5) is 40.4. The van der Waals surface area contributed by atoms with Gasteiger partial charge in [0.1, 0.15) is 5.82 Å². The smallest absolute Gasteiger partial charge is 0.418 e. The first-order valence-corrected chi connectivity index (χ1v) is 9.64. The van der Waals surface area contributed by atoms with E-state index in [1.807, 2.05) is 0 Å². The largest absolute Gasteiger partial charge is 0.491 e. The molecule has 2 aromatic rings. The Morgan fingerprint density at radius 3 is 2.56 bits per heavy atom. The highest BCUT2D eigenvalue weighted by Gasteiger charge is 2.42. The van der Waals surface area contributed by atoms with Crippen LogP contribution >= 0.6 is 11.6 Å². The first-order valence-electron chi connectivity index (χ1n) is 9.26. The molecule has 32 heavy (non-hydrogen) atoms. The SMILES string of the molecule is O=C(Nc1c(OC(=O)C(F)(F)F)cccc1C(=O)Nc1ccc(Cl)cn1)NC1CCNC1. The highest BCUT2D eigenvalue weighted by Crippen LogP contribution is 2.31. The fourth-order valence-electron chi connectivity index (χ4n) is 2.84. The van der Waals surface area contributed by atoms with E-state index in [-0.39, 0.29) is 17.4 Å². The number of halogens is 4. The van der Waals surface area contributed by atoms with Crippen molar-refractivity contribution in [3.8, 4) is 5.75 Å². The zero-order chi connectivity index (χ0) is 23.3. The number of urea groups is 1. The van der Waals surface area contributed by atoms with Crippen LogP contribution in [-0.4, -0.2) is 48.2 Å². The van der Waals surface area contributed by atoms with Crippen molar-refractivity contribution >= 4 is 41.0 Å². The van der Waals surface area contributed by atoms with Gasteiger partial charge in [-0.2, -0.15) is 13.2 Å². The van der Waals surface area contributed by atoms with Gasteiger partial charge in [0.25, 0.3) is 5.91 Å². The Balaban J connectivity index is 1.88. The summed E-state index contributed by atoms with van der Waals surface area (Å²) >= 11 is 5.75. The maximum atomic E-state index is 12.8. The number of nitrogens with one attached hydrogen (secondary N) is 4. The number of rotatable bonds is 5. The van der Waals surface area contributed by atoms with Crippen LogP contribution in [0.15, 0.2) is 36.5 Å². The molecule has 1 unspecified atom stereocenters. The Kier molecular flexibility index (Phi) is 7.15. The molecular formula is C19H17ClF3N5O4. The van der Waals surface area contributed by atoms with Crippen LogP contribution in [-0.2, 0) is 4.79 Å². The molecule has 2 heterocycles. The number of anilines is 2. The lowest BCUT2D eigenvalue weighted by Gasteiger charge is -2.18. The summed E-state index contributed by atoms with van der Waals surface area (Å²) in [6.45, 7) is 1.19. The van der Waals surface area contributed by atoms with E-state index in [1.54, 1.807) is 0 Å². The number of para-hydroxylation sites is 1. The molecule has 1 aliphatic heterocycles. The second-order valence-electron chi connectivity index (χ2n) is 6.67. The number of pyridine rings is 1. The third-order valence-electron chi connectivity index (χ3n) is 4.31. The number of hydrogen-bond acceptors (Lipinski definition) is 6. The van der Waals surface area contributed by atoms with Gasteiger partial charge in [0.2, 0.25) is 0 Å². The number of alkyl halides is 3. The number of amides is 3. The summed E-state index contributed by atoms with van der Waals surface area (Å²) in [6, 6.07) is 5.33. The van der Waals surface area contributed by atoms with Crippen LogP contribution in [0.4, 0.5) is 29.5 Å². The Morgan fingerprint density at radius 2 is 1.94 bits per heavy atom. The van der Waals surface area contributed by atoms with E-state index < -0.39 is 35.5 Å². The van der Waals surface area contributed by atoms with Crippen LogP contribution in [0.5, 0.6) is 5.75 Å². The Labute approximate surface area is 184 Å². The van der Waals surface area contributed by atoms with E-state index in [4.69, 9.17) is 11.6 Å². The summed E-state index contributed by atoms with van der Waals surface area (Å²) in [7, 11) is 0. The first kappa shape index (κ1) is 23.3. The van der Waals surface area contributed by atoms with Crippen molar-refractivity contribution in [3.63, 3.8) is 0 Å². The maximum Gasteiger partial charge on any atom is 0.491 e. The normalized spacial score (nSPS) is 15.7. The molecule has 1 atom stereocenters. The zero-order valence-electron chi connectivity index (χ0n) is 16.3. The summed E-state index contributed by atoms with van der Waals surface area (Å²) in [6.07, 6.45) is -3.35. The van der Waals surface area contributed by atoms with Gasteiger partial charge >= 0.3 is 18.2 Å². The molecule has 170 valence electrons. The van der Waals surface area contributed by atoms with Crippen molar-refractivity contribution < 1.29 is 32.3 Å². The van der Waals surface area contributed by atoms with Gasteiger partial charge in [0, 0.05) is 18.8 Å². The van der Waals surface area contributed by atoms with E-state index in [1.165, 1.54) is 30.5 Å². The van der Waals surface area contributed by atoms with E-state index in [2.05, 4.69) is 31.0 Å². The number of esters is 1. The molecule has 0 radical (unpaired) electrons. The lowest BCUT2D eigenvalue weighted by molar-refractivity contribution is -0.189. The number of hydrogen-bond donors (Lipinski definition) is 4. The summed E-state index contributed by atoms with van der Waals surface area (Å²) in [5, 5.41) is 10.7. The van der Waals surface area contributed by atoms with E-state index >= 15 is 0 Å².